The van der Waals surface area contributed by atoms with Crippen molar-refractivity contribution >= 4 is 47.4 Å². The molecule has 0 aromatic carbocycles. The predicted molar refractivity (Wildman–Crippen MR) is 120 cm³/mol. The molecule has 0 spiro atoms. The summed E-state index contributed by atoms with van der Waals surface area (Å²) in [7, 11) is 1.76. The number of carbonyl (C=O) groups excluding carboxylic acids is 1. The zero-order valence-electron chi connectivity index (χ0n) is 15.8. The van der Waals surface area contributed by atoms with Gasteiger partial charge in [0.05, 0.1) is 0 Å². The van der Waals surface area contributed by atoms with Gasteiger partial charge in [0.2, 0.25) is 5.91 Å². The van der Waals surface area contributed by atoms with Crippen LogP contribution in [-0.2, 0) is 11.3 Å². The maximum Gasteiger partial charge on any atom is 0.225 e. The van der Waals surface area contributed by atoms with Gasteiger partial charge in [-0.3, -0.25) is 9.79 Å². The highest BCUT2D eigenvalue weighted by Crippen LogP contribution is 2.26. The van der Waals surface area contributed by atoms with Gasteiger partial charge in [0.25, 0.3) is 0 Å². The minimum atomic E-state index is 0. The molecule has 1 atom stereocenters. The normalized spacial score (nSPS) is 20.9. The number of hydrogen-bond donors (Lipinski definition) is 2. The van der Waals surface area contributed by atoms with E-state index < -0.39 is 0 Å². The Bertz CT molecular complexity index is 633. The Morgan fingerprint density at radius 1 is 1.30 bits per heavy atom. The highest BCUT2D eigenvalue weighted by atomic mass is 127. The van der Waals surface area contributed by atoms with Gasteiger partial charge < -0.3 is 15.5 Å². The molecule has 1 aliphatic carbocycles. The molecule has 150 valence electrons. The second kappa shape index (κ2) is 11.0. The van der Waals surface area contributed by atoms with Crippen molar-refractivity contribution in [2.75, 3.05) is 20.1 Å². The Morgan fingerprint density at radius 2 is 2.07 bits per heavy atom. The summed E-state index contributed by atoms with van der Waals surface area (Å²) in [6.45, 7) is 2.23. The lowest BCUT2D eigenvalue weighted by Gasteiger charge is -2.26. The number of pyridine rings is 1. The molecule has 27 heavy (non-hydrogen) atoms. The molecule has 1 aromatic heterocycles. The molecule has 1 saturated carbocycles. The predicted octanol–water partition coefficient (Wildman–Crippen LogP) is 3.20. The minimum absolute atomic E-state index is 0. The quantitative estimate of drug-likeness (QED) is 0.285. The van der Waals surface area contributed by atoms with Crippen LogP contribution in [0.5, 0.6) is 0 Å². The molecule has 1 saturated heterocycles. The van der Waals surface area contributed by atoms with Crippen LogP contribution in [0.1, 0.15) is 44.1 Å². The van der Waals surface area contributed by atoms with Crippen LogP contribution in [0.3, 0.4) is 0 Å². The Hall–Kier alpha value is -1.09. The van der Waals surface area contributed by atoms with E-state index in [0.29, 0.717) is 17.6 Å². The monoisotopic (exact) mass is 505 g/mol. The summed E-state index contributed by atoms with van der Waals surface area (Å²) >= 11 is 5.81. The van der Waals surface area contributed by atoms with Crippen molar-refractivity contribution in [3.05, 3.63) is 29.0 Å². The summed E-state index contributed by atoms with van der Waals surface area (Å²) in [5.41, 5.74) is 1.04. The summed E-state index contributed by atoms with van der Waals surface area (Å²) in [4.78, 5) is 23.1. The van der Waals surface area contributed by atoms with Crippen LogP contribution < -0.4 is 10.6 Å². The van der Waals surface area contributed by atoms with Gasteiger partial charge in [-0.1, -0.05) is 36.9 Å². The Morgan fingerprint density at radius 3 is 2.74 bits per heavy atom. The lowest BCUT2D eigenvalue weighted by molar-refractivity contribution is -0.135. The Balaban J connectivity index is 0.00000261. The van der Waals surface area contributed by atoms with Crippen molar-refractivity contribution in [3.63, 3.8) is 0 Å². The first-order chi connectivity index (χ1) is 12.7. The number of aromatic nitrogens is 1. The molecule has 1 unspecified atom stereocenters. The molecule has 0 bridgehead atoms. The van der Waals surface area contributed by atoms with Gasteiger partial charge in [-0.15, -0.1) is 24.0 Å². The van der Waals surface area contributed by atoms with Gasteiger partial charge in [-0.05, 0) is 30.9 Å². The van der Waals surface area contributed by atoms with E-state index in [9.17, 15) is 4.79 Å². The van der Waals surface area contributed by atoms with E-state index >= 15 is 0 Å². The molecule has 6 nitrogen and oxygen atoms in total. The van der Waals surface area contributed by atoms with Crippen molar-refractivity contribution < 1.29 is 4.79 Å². The number of aliphatic imine (C=N–C) groups is 1. The number of nitrogens with one attached hydrogen (secondary N) is 2. The topological polar surface area (TPSA) is 69.6 Å². The first kappa shape index (κ1) is 22.2. The molecule has 1 aromatic rings. The summed E-state index contributed by atoms with van der Waals surface area (Å²) < 4.78 is 0. The summed E-state index contributed by atoms with van der Waals surface area (Å²) in [6.07, 6.45) is 8.51. The van der Waals surface area contributed by atoms with Crippen molar-refractivity contribution in [1.29, 1.82) is 0 Å². The molecule has 2 aliphatic rings. The third-order valence-electron chi connectivity index (χ3n) is 5.27. The number of carbonyl (C=O) groups is 1. The van der Waals surface area contributed by atoms with Crippen LogP contribution in [0.15, 0.2) is 23.3 Å². The molecule has 2 heterocycles. The van der Waals surface area contributed by atoms with Crippen LogP contribution >= 0.6 is 35.6 Å². The van der Waals surface area contributed by atoms with Crippen LogP contribution in [0.25, 0.3) is 0 Å². The zero-order valence-corrected chi connectivity index (χ0v) is 18.9. The molecule has 2 N–H and O–H groups in total. The van der Waals surface area contributed by atoms with Crippen molar-refractivity contribution in [1.82, 2.24) is 20.5 Å². The largest absolute Gasteiger partial charge is 0.352 e. The zero-order chi connectivity index (χ0) is 18.4. The minimum Gasteiger partial charge on any atom is -0.352 e. The fourth-order valence-electron chi connectivity index (χ4n) is 3.77. The average molecular weight is 506 g/mol. The van der Waals surface area contributed by atoms with E-state index in [1.54, 1.807) is 19.3 Å². The van der Waals surface area contributed by atoms with Crippen molar-refractivity contribution in [2.45, 2.75) is 51.1 Å². The summed E-state index contributed by atoms with van der Waals surface area (Å²) in [5.74, 6) is 1.35. The number of guanidine groups is 1. The fourth-order valence-corrected chi connectivity index (χ4v) is 3.88. The van der Waals surface area contributed by atoms with Crippen LogP contribution in [0, 0.1) is 5.92 Å². The van der Waals surface area contributed by atoms with Crippen LogP contribution in [-0.4, -0.2) is 47.9 Å². The molecule has 8 heteroatoms. The molecule has 3 rings (SSSR count). The number of rotatable bonds is 4. The van der Waals surface area contributed by atoms with Crippen LogP contribution in [0.4, 0.5) is 0 Å². The van der Waals surface area contributed by atoms with E-state index in [1.165, 1.54) is 19.3 Å². The van der Waals surface area contributed by atoms with Gasteiger partial charge in [0.15, 0.2) is 5.96 Å². The van der Waals surface area contributed by atoms with Crippen molar-refractivity contribution in [3.8, 4) is 0 Å². The van der Waals surface area contributed by atoms with Gasteiger partial charge in [0.1, 0.15) is 5.15 Å². The molecule has 1 aliphatic heterocycles. The van der Waals surface area contributed by atoms with Gasteiger partial charge in [-0.2, -0.15) is 0 Å². The number of halogens is 2. The first-order valence-corrected chi connectivity index (χ1v) is 9.90. The number of amides is 1. The lowest BCUT2D eigenvalue weighted by atomic mass is 9.88. The summed E-state index contributed by atoms with van der Waals surface area (Å²) in [6, 6.07) is 3.97. The van der Waals surface area contributed by atoms with Gasteiger partial charge in [0, 0.05) is 44.8 Å². The number of hydrogen-bond acceptors (Lipinski definition) is 3. The highest BCUT2D eigenvalue weighted by Gasteiger charge is 2.31. The maximum atomic E-state index is 12.7. The lowest BCUT2D eigenvalue weighted by Crippen LogP contribution is -2.45. The number of likely N-dealkylation sites (tertiary alicyclic amines) is 1. The van der Waals surface area contributed by atoms with E-state index in [1.807, 2.05) is 11.0 Å². The Labute approximate surface area is 183 Å². The Kier molecular flexibility index (Phi) is 9.08. The summed E-state index contributed by atoms with van der Waals surface area (Å²) in [5, 5.41) is 7.22. The van der Waals surface area contributed by atoms with Crippen molar-refractivity contribution in [2.24, 2.45) is 10.9 Å². The first-order valence-electron chi connectivity index (χ1n) is 9.52. The maximum absolute atomic E-state index is 12.7. The molecule has 0 radical (unpaired) electrons. The third kappa shape index (κ3) is 6.48. The van der Waals surface area contributed by atoms with E-state index in [0.717, 1.165) is 43.9 Å². The fraction of sp³-hybridized carbons (Fsp3) is 0.632. The second-order valence-electron chi connectivity index (χ2n) is 7.16. The molecule has 2 fully saturated rings. The number of nitrogens with zero attached hydrogens (tertiary/aromatic N) is 3. The second-order valence-corrected chi connectivity index (χ2v) is 7.55. The molecule has 1 amide bonds. The molecular weight excluding hydrogens is 477 g/mol. The van der Waals surface area contributed by atoms with E-state index in [-0.39, 0.29) is 35.9 Å². The SMILES string of the molecule is CN=C(NCc1ccc(Cl)nc1)NC1CCN(C(=O)C2CCCCC2)C1.I. The van der Waals surface area contributed by atoms with E-state index in [2.05, 4.69) is 20.6 Å². The highest BCUT2D eigenvalue weighted by molar-refractivity contribution is 14.0. The third-order valence-corrected chi connectivity index (χ3v) is 5.49. The van der Waals surface area contributed by atoms with Crippen LogP contribution in [0.2, 0.25) is 5.15 Å². The van der Waals surface area contributed by atoms with E-state index in [4.69, 9.17) is 11.6 Å². The van der Waals surface area contributed by atoms with Gasteiger partial charge >= 0.3 is 0 Å². The smallest absolute Gasteiger partial charge is 0.225 e. The van der Waals surface area contributed by atoms with Gasteiger partial charge in [-0.25, -0.2) is 4.98 Å². The average Bonchev–Trinajstić information content (AvgIpc) is 3.15. The molecular formula is C19H29ClIN5O. The standard InChI is InChI=1S/C19H28ClN5O.HI/c1-21-19(23-12-14-7-8-17(20)22-11-14)24-16-9-10-25(13-16)18(26)15-5-3-2-4-6-15;/h7-8,11,15-16H,2-6,9-10,12-13H2,1H3,(H2,21,23,24);1H.